The minimum Gasteiger partial charge on any atom is -0.443 e. The van der Waals surface area contributed by atoms with Crippen LogP contribution in [0.2, 0.25) is 0 Å². The van der Waals surface area contributed by atoms with Gasteiger partial charge in [0.15, 0.2) is 11.5 Å². The molecule has 0 fully saturated rings. The molecule has 2 aromatic carbocycles. The van der Waals surface area contributed by atoms with E-state index in [9.17, 15) is 9.36 Å². The largest absolute Gasteiger partial charge is 0.443 e. The van der Waals surface area contributed by atoms with Crippen molar-refractivity contribution in [1.82, 2.24) is 0 Å². The van der Waals surface area contributed by atoms with E-state index in [2.05, 4.69) is 17.2 Å². The van der Waals surface area contributed by atoms with Crippen molar-refractivity contribution < 1.29 is 22.8 Å². The highest BCUT2D eigenvalue weighted by molar-refractivity contribution is 7.53. The molecule has 0 bridgehead atoms. The summed E-state index contributed by atoms with van der Waals surface area (Å²) in [5.74, 6) is 6.08. The molecule has 31 heavy (non-hydrogen) atoms. The number of benzene rings is 2. The molecule has 0 saturated carbocycles. The first-order valence-corrected chi connectivity index (χ1v) is 11.7. The maximum absolute atomic E-state index is 12.6. The summed E-state index contributed by atoms with van der Waals surface area (Å²) in [6.07, 6.45) is 0.171. The van der Waals surface area contributed by atoms with Gasteiger partial charge in [0.05, 0.1) is 19.4 Å². The van der Waals surface area contributed by atoms with Gasteiger partial charge in [-0.05, 0) is 61.7 Å². The Morgan fingerprint density at radius 2 is 1.61 bits per heavy atom. The van der Waals surface area contributed by atoms with Crippen LogP contribution in [0, 0.1) is 11.8 Å². The quantitative estimate of drug-likeness (QED) is 0.361. The van der Waals surface area contributed by atoms with Gasteiger partial charge in [0.1, 0.15) is 0 Å². The van der Waals surface area contributed by atoms with Crippen molar-refractivity contribution >= 4 is 19.2 Å². The van der Waals surface area contributed by atoms with Crippen molar-refractivity contribution in [3.63, 3.8) is 0 Å². The maximum atomic E-state index is 12.6. The van der Waals surface area contributed by atoms with Gasteiger partial charge in [-0.1, -0.05) is 36.3 Å². The molecule has 7 heteroatoms. The third-order valence-corrected chi connectivity index (χ3v) is 6.23. The fourth-order valence-corrected chi connectivity index (χ4v) is 4.52. The molecule has 1 amide bonds. The molecule has 0 aliphatic rings. The van der Waals surface area contributed by atoms with Crippen LogP contribution >= 0.6 is 7.60 Å². The summed E-state index contributed by atoms with van der Waals surface area (Å²) in [7, 11) is -3.17. The molecule has 0 aliphatic carbocycles. The van der Waals surface area contributed by atoms with Crippen molar-refractivity contribution in [2.45, 2.75) is 20.0 Å². The van der Waals surface area contributed by atoms with E-state index in [1.165, 1.54) is 0 Å². The van der Waals surface area contributed by atoms with E-state index >= 15 is 0 Å². The molecule has 3 aromatic rings. The average Bonchev–Trinajstić information content (AvgIpc) is 3.24. The first kappa shape index (κ1) is 22.6. The Labute approximate surface area is 182 Å². The second kappa shape index (κ2) is 10.8. The van der Waals surface area contributed by atoms with E-state index in [-0.39, 0.29) is 17.8 Å². The van der Waals surface area contributed by atoms with Crippen LogP contribution in [0.25, 0.3) is 0 Å². The number of anilines is 1. The lowest BCUT2D eigenvalue weighted by Crippen LogP contribution is -2.10. The maximum Gasteiger partial charge on any atom is 0.335 e. The van der Waals surface area contributed by atoms with Crippen molar-refractivity contribution in [2.75, 3.05) is 18.5 Å². The van der Waals surface area contributed by atoms with Gasteiger partial charge >= 0.3 is 7.60 Å². The van der Waals surface area contributed by atoms with Gasteiger partial charge in [0, 0.05) is 11.3 Å². The van der Waals surface area contributed by atoms with E-state index in [1.807, 2.05) is 30.3 Å². The molecule has 0 aliphatic heterocycles. The Hall–Kier alpha value is -3.10. The predicted octanol–water partition coefficient (Wildman–Crippen LogP) is 5.70. The van der Waals surface area contributed by atoms with Crippen LogP contribution in [0.3, 0.4) is 0 Å². The Kier molecular flexibility index (Phi) is 7.86. The minimum atomic E-state index is -3.17. The Balaban J connectivity index is 1.62. The fraction of sp³-hybridized carbons (Fsp3) is 0.208. The zero-order chi connectivity index (χ0) is 22.1. The molecule has 0 atom stereocenters. The number of amides is 1. The Bertz CT molecular complexity index is 1100. The standard InChI is InChI=1S/C24H24NO5P/c1-3-28-31(27,29-4-2)18-20-10-13-21(14-11-20)25-24(26)23-17-16-22(30-23)15-12-19-8-6-5-7-9-19/h5-11,13-14,16-17H,3-4,18H2,1-2H3,(H,25,26). The topological polar surface area (TPSA) is 77.8 Å². The molecule has 1 heterocycles. The van der Waals surface area contributed by atoms with E-state index in [0.717, 1.165) is 11.1 Å². The second-order valence-electron chi connectivity index (χ2n) is 6.54. The Morgan fingerprint density at radius 1 is 0.935 bits per heavy atom. The lowest BCUT2D eigenvalue weighted by Gasteiger charge is -2.17. The monoisotopic (exact) mass is 437 g/mol. The Morgan fingerprint density at radius 3 is 2.26 bits per heavy atom. The van der Waals surface area contributed by atoms with Gasteiger partial charge in [-0.3, -0.25) is 9.36 Å². The van der Waals surface area contributed by atoms with Gasteiger partial charge in [0.2, 0.25) is 0 Å². The number of rotatable bonds is 8. The van der Waals surface area contributed by atoms with Crippen LogP contribution in [0.1, 0.15) is 41.3 Å². The number of nitrogens with one attached hydrogen (secondary N) is 1. The summed E-state index contributed by atoms with van der Waals surface area (Å²) in [6.45, 7) is 4.17. The normalized spacial score (nSPS) is 10.9. The summed E-state index contributed by atoms with van der Waals surface area (Å²) in [4.78, 5) is 12.4. The fourth-order valence-electron chi connectivity index (χ4n) is 2.81. The molecule has 1 N–H and O–H groups in total. The summed E-state index contributed by atoms with van der Waals surface area (Å²) in [5.41, 5.74) is 2.24. The van der Waals surface area contributed by atoms with Gasteiger partial charge in [-0.2, -0.15) is 0 Å². The zero-order valence-corrected chi connectivity index (χ0v) is 18.4. The highest BCUT2D eigenvalue weighted by atomic mass is 31.2. The summed E-state index contributed by atoms with van der Waals surface area (Å²) < 4.78 is 28.8. The van der Waals surface area contributed by atoms with Crippen LogP contribution in [0.5, 0.6) is 0 Å². The number of hydrogen-bond donors (Lipinski definition) is 1. The van der Waals surface area contributed by atoms with Crippen LogP contribution in [0.4, 0.5) is 5.69 Å². The molecule has 160 valence electrons. The van der Waals surface area contributed by atoms with Crippen molar-refractivity contribution in [3.05, 3.63) is 89.4 Å². The number of carbonyl (C=O) groups is 1. The minimum absolute atomic E-state index is 0.165. The van der Waals surface area contributed by atoms with E-state index in [0.29, 0.717) is 24.7 Å². The first-order valence-electron chi connectivity index (χ1n) is 9.96. The van der Waals surface area contributed by atoms with Gasteiger partial charge in [-0.15, -0.1) is 0 Å². The first-order chi connectivity index (χ1) is 15.0. The summed E-state index contributed by atoms with van der Waals surface area (Å²) >= 11 is 0. The van der Waals surface area contributed by atoms with Gasteiger partial charge in [0.25, 0.3) is 5.91 Å². The van der Waals surface area contributed by atoms with Crippen LogP contribution in [-0.2, 0) is 19.8 Å². The SMILES string of the molecule is CCOP(=O)(Cc1ccc(NC(=O)c2ccc(C#Cc3ccccc3)o2)cc1)OCC. The highest BCUT2D eigenvalue weighted by Crippen LogP contribution is 2.51. The molecular formula is C24H24NO5P. The predicted molar refractivity (Wildman–Crippen MR) is 120 cm³/mol. The molecule has 3 rings (SSSR count). The molecule has 0 saturated heterocycles. The van der Waals surface area contributed by atoms with Crippen LogP contribution < -0.4 is 5.32 Å². The van der Waals surface area contributed by atoms with Crippen molar-refractivity contribution in [3.8, 4) is 11.8 Å². The van der Waals surface area contributed by atoms with Crippen LogP contribution in [-0.4, -0.2) is 19.1 Å². The zero-order valence-electron chi connectivity index (χ0n) is 17.5. The summed E-state index contributed by atoms with van der Waals surface area (Å²) in [5, 5.41) is 2.77. The summed E-state index contributed by atoms with van der Waals surface area (Å²) in [6, 6.07) is 19.8. The molecule has 6 nitrogen and oxygen atoms in total. The molecular weight excluding hydrogens is 413 g/mol. The number of furan rings is 1. The second-order valence-corrected chi connectivity index (χ2v) is 8.59. The van der Waals surface area contributed by atoms with Gasteiger partial charge < -0.3 is 18.8 Å². The average molecular weight is 437 g/mol. The lowest BCUT2D eigenvalue weighted by molar-refractivity contribution is 0.0996. The van der Waals surface area contributed by atoms with E-state index in [4.69, 9.17) is 13.5 Å². The smallest absolute Gasteiger partial charge is 0.335 e. The van der Waals surface area contributed by atoms with E-state index in [1.54, 1.807) is 50.2 Å². The molecule has 0 spiro atoms. The lowest BCUT2D eigenvalue weighted by atomic mass is 10.2. The van der Waals surface area contributed by atoms with Gasteiger partial charge in [-0.25, -0.2) is 0 Å². The molecule has 0 radical (unpaired) electrons. The molecule has 0 unspecified atom stereocenters. The molecule has 1 aromatic heterocycles. The van der Waals surface area contributed by atoms with Crippen molar-refractivity contribution in [1.29, 1.82) is 0 Å². The van der Waals surface area contributed by atoms with Crippen molar-refractivity contribution in [2.24, 2.45) is 0 Å². The third kappa shape index (κ3) is 6.70. The number of carbonyl (C=O) groups excluding carboxylic acids is 1. The van der Waals surface area contributed by atoms with Crippen LogP contribution in [0.15, 0.2) is 71.1 Å². The highest BCUT2D eigenvalue weighted by Gasteiger charge is 2.24. The van der Waals surface area contributed by atoms with E-state index < -0.39 is 7.60 Å². The number of hydrogen-bond acceptors (Lipinski definition) is 5. The third-order valence-electron chi connectivity index (χ3n) is 4.17.